The lowest BCUT2D eigenvalue weighted by molar-refractivity contribution is -0.0103. The second-order valence-electron chi connectivity index (χ2n) is 5.03. The Morgan fingerprint density at radius 1 is 1.53 bits per heavy atom. The molecule has 1 saturated heterocycles. The molecule has 0 spiro atoms. The van der Waals surface area contributed by atoms with E-state index in [4.69, 9.17) is 16.3 Å². The summed E-state index contributed by atoms with van der Waals surface area (Å²) < 4.78 is 5.52. The molecular formula is C14H20ClNO3. The quantitative estimate of drug-likeness (QED) is 0.892. The zero-order valence-corrected chi connectivity index (χ0v) is 12.0. The molecule has 0 saturated carbocycles. The first kappa shape index (κ1) is 14.6. The summed E-state index contributed by atoms with van der Waals surface area (Å²) >= 11 is 6.31. The van der Waals surface area contributed by atoms with Crippen LogP contribution in [0.2, 0.25) is 5.02 Å². The van der Waals surface area contributed by atoms with Gasteiger partial charge in [-0.1, -0.05) is 17.7 Å². The maximum atomic E-state index is 9.56. The molecule has 1 aromatic rings. The predicted molar refractivity (Wildman–Crippen MR) is 75.7 cm³/mol. The highest BCUT2D eigenvalue weighted by Gasteiger charge is 2.27. The maximum absolute atomic E-state index is 9.56. The molecule has 1 aromatic carbocycles. The van der Waals surface area contributed by atoms with Crippen molar-refractivity contribution < 1.29 is 14.9 Å². The molecule has 106 valence electrons. The maximum Gasteiger partial charge on any atom is 0.0981 e. The second-order valence-corrected chi connectivity index (χ2v) is 5.43. The SMILES string of the molecule is CC1COC(CO)CN1c1ccc([C@H](C)O)cc1Cl. The number of rotatable bonds is 3. The number of hydrogen-bond donors (Lipinski definition) is 2. The fourth-order valence-corrected chi connectivity index (χ4v) is 2.58. The van der Waals surface area contributed by atoms with E-state index in [2.05, 4.69) is 11.8 Å². The average molecular weight is 286 g/mol. The van der Waals surface area contributed by atoms with Crippen LogP contribution < -0.4 is 4.90 Å². The van der Waals surface area contributed by atoms with Crippen LogP contribution >= 0.6 is 11.6 Å². The van der Waals surface area contributed by atoms with Crippen molar-refractivity contribution in [2.24, 2.45) is 0 Å². The number of benzene rings is 1. The minimum Gasteiger partial charge on any atom is -0.394 e. The van der Waals surface area contributed by atoms with Gasteiger partial charge in [0, 0.05) is 12.6 Å². The van der Waals surface area contributed by atoms with E-state index in [0.29, 0.717) is 18.2 Å². The monoisotopic (exact) mass is 285 g/mol. The summed E-state index contributed by atoms with van der Waals surface area (Å²) in [4.78, 5) is 2.14. The molecule has 2 N–H and O–H groups in total. The van der Waals surface area contributed by atoms with Crippen molar-refractivity contribution in [2.75, 3.05) is 24.7 Å². The number of nitrogens with zero attached hydrogens (tertiary/aromatic N) is 1. The number of anilines is 1. The summed E-state index contributed by atoms with van der Waals surface area (Å²) in [6.45, 7) is 4.97. The van der Waals surface area contributed by atoms with Gasteiger partial charge in [-0.25, -0.2) is 0 Å². The molecule has 2 unspecified atom stereocenters. The number of aliphatic hydroxyl groups is 2. The van der Waals surface area contributed by atoms with Gasteiger partial charge in [0.25, 0.3) is 0 Å². The zero-order chi connectivity index (χ0) is 14.0. The molecular weight excluding hydrogens is 266 g/mol. The molecule has 19 heavy (non-hydrogen) atoms. The summed E-state index contributed by atoms with van der Waals surface area (Å²) in [6.07, 6.45) is -0.706. The first-order valence-electron chi connectivity index (χ1n) is 6.49. The fourth-order valence-electron chi connectivity index (χ4n) is 2.28. The molecule has 1 heterocycles. The van der Waals surface area contributed by atoms with E-state index >= 15 is 0 Å². The van der Waals surface area contributed by atoms with Crippen molar-refractivity contribution in [3.63, 3.8) is 0 Å². The summed E-state index contributed by atoms with van der Waals surface area (Å²) in [7, 11) is 0. The topological polar surface area (TPSA) is 52.9 Å². The molecule has 2 rings (SSSR count). The third-order valence-electron chi connectivity index (χ3n) is 3.47. The molecule has 1 aliphatic rings. The Kier molecular flexibility index (Phi) is 4.68. The van der Waals surface area contributed by atoms with Gasteiger partial charge in [0.05, 0.1) is 36.1 Å². The predicted octanol–water partition coefficient (Wildman–Crippen LogP) is 1.98. The van der Waals surface area contributed by atoms with Gasteiger partial charge in [-0.2, -0.15) is 0 Å². The lowest BCUT2D eigenvalue weighted by Crippen LogP contribution is -2.49. The first-order chi connectivity index (χ1) is 9.02. The first-order valence-corrected chi connectivity index (χ1v) is 6.87. The van der Waals surface area contributed by atoms with E-state index < -0.39 is 6.10 Å². The highest BCUT2D eigenvalue weighted by molar-refractivity contribution is 6.33. The Hall–Kier alpha value is -0.810. The molecule has 0 bridgehead atoms. The molecule has 3 atom stereocenters. The van der Waals surface area contributed by atoms with Gasteiger partial charge in [-0.15, -0.1) is 0 Å². The van der Waals surface area contributed by atoms with E-state index in [1.807, 2.05) is 12.1 Å². The van der Waals surface area contributed by atoms with Crippen molar-refractivity contribution in [1.29, 1.82) is 0 Å². The number of ether oxygens (including phenoxy) is 1. The van der Waals surface area contributed by atoms with Crippen LogP contribution in [-0.4, -0.2) is 42.1 Å². The smallest absolute Gasteiger partial charge is 0.0981 e. The molecule has 0 aliphatic carbocycles. The van der Waals surface area contributed by atoms with Crippen molar-refractivity contribution in [3.05, 3.63) is 28.8 Å². The third-order valence-corrected chi connectivity index (χ3v) is 3.78. The second kappa shape index (κ2) is 6.09. The van der Waals surface area contributed by atoms with Crippen LogP contribution in [0.15, 0.2) is 18.2 Å². The Balaban J connectivity index is 2.24. The van der Waals surface area contributed by atoms with E-state index in [0.717, 1.165) is 11.3 Å². The Morgan fingerprint density at radius 3 is 2.84 bits per heavy atom. The lowest BCUT2D eigenvalue weighted by Gasteiger charge is -2.39. The van der Waals surface area contributed by atoms with Crippen molar-refractivity contribution in [1.82, 2.24) is 0 Å². The standard InChI is InChI=1S/C14H20ClNO3/c1-9-8-19-12(7-17)6-16(9)14-4-3-11(10(2)18)5-13(14)15/h3-5,9-10,12,17-18H,6-8H2,1-2H3/t9?,10-,12?/m0/s1. The van der Waals surface area contributed by atoms with E-state index in [9.17, 15) is 10.2 Å². The van der Waals surface area contributed by atoms with Crippen LogP contribution in [-0.2, 0) is 4.74 Å². The molecule has 5 heteroatoms. The van der Waals surface area contributed by atoms with Gasteiger partial charge in [-0.3, -0.25) is 0 Å². The number of aliphatic hydroxyl groups excluding tert-OH is 2. The van der Waals surface area contributed by atoms with E-state index in [1.54, 1.807) is 13.0 Å². The zero-order valence-electron chi connectivity index (χ0n) is 11.2. The molecule has 0 radical (unpaired) electrons. The lowest BCUT2D eigenvalue weighted by atomic mass is 10.1. The van der Waals surface area contributed by atoms with Crippen LogP contribution in [0.1, 0.15) is 25.5 Å². The van der Waals surface area contributed by atoms with Gasteiger partial charge in [0.2, 0.25) is 0 Å². The summed E-state index contributed by atoms with van der Waals surface area (Å²) in [6, 6.07) is 5.79. The summed E-state index contributed by atoms with van der Waals surface area (Å²) in [5, 5.41) is 19.4. The van der Waals surface area contributed by atoms with Crippen molar-refractivity contribution in [3.8, 4) is 0 Å². The van der Waals surface area contributed by atoms with Crippen LogP contribution in [0.25, 0.3) is 0 Å². The third kappa shape index (κ3) is 3.20. The van der Waals surface area contributed by atoms with Crippen LogP contribution in [0, 0.1) is 0 Å². The minimum absolute atomic E-state index is 0.00654. The van der Waals surface area contributed by atoms with Gasteiger partial charge < -0.3 is 19.8 Å². The number of halogens is 1. The van der Waals surface area contributed by atoms with Gasteiger partial charge in [0.15, 0.2) is 0 Å². The molecule has 4 nitrogen and oxygen atoms in total. The Bertz CT molecular complexity index is 439. The number of morpholine rings is 1. The average Bonchev–Trinajstić information content (AvgIpc) is 2.39. The Morgan fingerprint density at radius 2 is 2.26 bits per heavy atom. The van der Waals surface area contributed by atoms with E-state index in [1.165, 1.54) is 0 Å². The van der Waals surface area contributed by atoms with Crippen LogP contribution in [0.5, 0.6) is 0 Å². The fraction of sp³-hybridized carbons (Fsp3) is 0.571. The molecule has 1 aliphatic heterocycles. The van der Waals surface area contributed by atoms with Gasteiger partial charge in [0.1, 0.15) is 0 Å². The molecule has 1 fully saturated rings. The number of hydrogen-bond acceptors (Lipinski definition) is 4. The summed E-state index contributed by atoms with van der Waals surface area (Å²) in [5.41, 5.74) is 1.72. The minimum atomic E-state index is -0.529. The van der Waals surface area contributed by atoms with Gasteiger partial charge in [-0.05, 0) is 31.5 Å². The highest BCUT2D eigenvalue weighted by atomic mass is 35.5. The van der Waals surface area contributed by atoms with Gasteiger partial charge >= 0.3 is 0 Å². The molecule has 0 aromatic heterocycles. The highest BCUT2D eigenvalue weighted by Crippen LogP contribution is 2.31. The largest absolute Gasteiger partial charge is 0.394 e. The van der Waals surface area contributed by atoms with Crippen LogP contribution in [0.4, 0.5) is 5.69 Å². The van der Waals surface area contributed by atoms with Crippen molar-refractivity contribution in [2.45, 2.75) is 32.1 Å². The van der Waals surface area contributed by atoms with Crippen molar-refractivity contribution >= 4 is 17.3 Å². The van der Waals surface area contributed by atoms with Crippen LogP contribution in [0.3, 0.4) is 0 Å². The van der Waals surface area contributed by atoms with E-state index in [-0.39, 0.29) is 18.8 Å². The molecule has 0 amide bonds. The summed E-state index contributed by atoms with van der Waals surface area (Å²) in [5.74, 6) is 0. The normalized spacial score (nSPS) is 25.4. The Labute approximate surface area is 118 Å².